The Bertz CT molecular complexity index is 549. The lowest BCUT2D eigenvalue weighted by Crippen LogP contribution is -2.37. The molecule has 106 valence electrons. The lowest BCUT2D eigenvalue weighted by atomic mass is 10.0. The number of aryl methyl sites for hydroxylation is 1. The van der Waals surface area contributed by atoms with Crippen molar-refractivity contribution < 1.29 is 9.59 Å². The Morgan fingerprint density at radius 1 is 1.30 bits per heavy atom. The predicted molar refractivity (Wildman–Crippen MR) is 78.5 cm³/mol. The summed E-state index contributed by atoms with van der Waals surface area (Å²) in [7, 11) is 0. The van der Waals surface area contributed by atoms with Crippen molar-refractivity contribution in [3.63, 3.8) is 0 Å². The van der Waals surface area contributed by atoms with Gasteiger partial charge in [0, 0.05) is 30.8 Å². The number of likely N-dealkylation sites (N-methyl/N-ethyl adjacent to an activating group) is 1. The number of amides is 2. The van der Waals surface area contributed by atoms with Gasteiger partial charge in [-0.15, -0.1) is 0 Å². The van der Waals surface area contributed by atoms with Crippen molar-refractivity contribution in [3.05, 3.63) is 47.0 Å². The number of carbonyl (C=O) groups excluding carboxylic acids is 2. The van der Waals surface area contributed by atoms with Gasteiger partial charge in [0.05, 0.1) is 0 Å². The molecule has 1 aromatic rings. The maximum Gasteiger partial charge on any atom is 0.254 e. The Hall–Kier alpha value is -2.10. The van der Waals surface area contributed by atoms with Crippen molar-refractivity contribution in [3.8, 4) is 0 Å². The number of nitrogens with zero attached hydrogens (tertiary/aromatic N) is 1. The van der Waals surface area contributed by atoms with Crippen molar-refractivity contribution in [2.75, 3.05) is 19.6 Å². The molecule has 1 aromatic carbocycles. The minimum absolute atomic E-state index is 0.0181. The first-order valence-corrected chi connectivity index (χ1v) is 6.95. The molecule has 1 aliphatic rings. The van der Waals surface area contributed by atoms with E-state index in [1.165, 1.54) is 0 Å². The minimum atomic E-state index is -0.0181. The maximum absolute atomic E-state index is 12.4. The van der Waals surface area contributed by atoms with Crippen LogP contribution >= 0.6 is 0 Å². The standard InChI is InChI=1S/C16H20N2O2/c1-3-17-15(19)13-8-10-18(11-9-13)16(20)14-7-5-4-6-12(14)2/h4-8H,3,9-11H2,1-2H3,(H,17,19). The highest BCUT2D eigenvalue weighted by atomic mass is 16.2. The molecule has 1 aliphatic heterocycles. The molecule has 0 aromatic heterocycles. The second-order valence-electron chi connectivity index (χ2n) is 4.90. The van der Waals surface area contributed by atoms with Crippen LogP contribution in [0.1, 0.15) is 29.3 Å². The summed E-state index contributed by atoms with van der Waals surface area (Å²) in [5, 5.41) is 2.79. The van der Waals surface area contributed by atoms with Gasteiger partial charge in [-0.2, -0.15) is 0 Å². The monoisotopic (exact) mass is 272 g/mol. The van der Waals surface area contributed by atoms with Crippen LogP contribution in [0.5, 0.6) is 0 Å². The molecular weight excluding hydrogens is 252 g/mol. The predicted octanol–water partition coefficient (Wildman–Crippen LogP) is 1.90. The molecule has 2 amide bonds. The van der Waals surface area contributed by atoms with Crippen molar-refractivity contribution in [1.82, 2.24) is 10.2 Å². The SMILES string of the molecule is CCNC(=O)C1=CCN(C(=O)c2ccccc2C)CC1. The van der Waals surface area contributed by atoms with Crippen molar-refractivity contribution in [1.29, 1.82) is 0 Å². The highest BCUT2D eigenvalue weighted by Gasteiger charge is 2.21. The first kappa shape index (κ1) is 14.3. The zero-order chi connectivity index (χ0) is 14.5. The van der Waals surface area contributed by atoms with Crippen LogP contribution in [-0.4, -0.2) is 36.3 Å². The van der Waals surface area contributed by atoms with Gasteiger partial charge in [0.15, 0.2) is 0 Å². The fraction of sp³-hybridized carbons (Fsp3) is 0.375. The van der Waals surface area contributed by atoms with E-state index in [9.17, 15) is 9.59 Å². The molecule has 0 atom stereocenters. The molecule has 4 heteroatoms. The molecule has 0 spiro atoms. The maximum atomic E-state index is 12.4. The number of carbonyl (C=O) groups is 2. The van der Waals surface area contributed by atoms with Crippen molar-refractivity contribution in [2.24, 2.45) is 0 Å². The number of benzene rings is 1. The Balaban J connectivity index is 2.05. The van der Waals surface area contributed by atoms with Gasteiger partial charge in [-0.25, -0.2) is 0 Å². The second kappa shape index (κ2) is 6.37. The first-order chi connectivity index (χ1) is 9.63. The second-order valence-corrected chi connectivity index (χ2v) is 4.90. The van der Waals surface area contributed by atoms with Crippen LogP contribution in [-0.2, 0) is 4.79 Å². The van der Waals surface area contributed by atoms with Gasteiger partial charge in [0.25, 0.3) is 5.91 Å². The van der Waals surface area contributed by atoms with Gasteiger partial charge >= 0.3 is 0 Å². The molecule has 0 saturated heterocycles. The lowest BCUT2D eigenvalue weighted by Gasteiger charge is -2.26. The Labute approximate surface area is 119 Å². The molecule has 1 heterocycles. The minimum Gasteiger partial charge on any atom is -0.353 e. The van der Waals surface area contributed by atoms with Gasteiger partial charge in [-0.05, 0) is 31.9 Å². The molecular formula is C16H20N2O2. The topological polar surface area (TPSA) is 49.4 Å². The van der Waals surface area contributed by atoms with Crippen LogP contribution in [0.15, 0.2) is 35.9 Å². The number of hydrogen-bond donors (Lipinski definition) is 1. The zero-order valence-corrected chi connectivity index (χ0v) is 12.0. The summed E-state index contributed by atoms with van der Waals surface area (Å²) in [5.74, 6) is 0.0183. The van der Waals surface area contributed by atoms with Crippen LogP contribution in [0.2, 0.25) is 0 Å². The Morgan fingerprint density at radius 2 is 2.05 bits per heavy atom. The van der Waals surface area contributed by atoms with E-state index in [1.54, 1.807) is 4.90 Å². The molecule has 0 bridgehead atoms. The Morgan fingerprint density at radius 3 is 2.65 bits per heavy atom. The molecule has 1 N–H and O–H groups in total. The van der Waals surface area contributed by atoms with Gasteiger partial charge in [0.2, 0.25) is 5.91 Å². The van der Waals surface area contributed by atoms with Gasteiger partial charge < -0.3 is 10.2 Å². The quantitative estimate of drug-likeness (QED) is 0.913. The first-order valence-electron chi connectivity index (χ1n) is 6.95. The van der Waals surface area contributed by atoms with Crippen molar-refractivity contribution in [2.45, 2.75) is 20.3 Å². The largest absolute Gasteiger partial charge is 0.353 e. The van der Waals surface area contributed by atoms with E-state index in [2.05, 4.69) is 5.32 Å². The number of rotatable bonds is 3. The lowest BCUT2D eigenvalue weighted by molar-refractivity contribution is -0.117. The highest BCUT2D eigenvalue weighted by Crippen LogP contribution is 2.16. The van der Waals surface area contributed by atoms with E-state index >= 15 is 0 Å². The summed E-state index contributed by atoms with van der Waals surface area (Å²) in [5.41, 5.74) is 2.50. The normalized spacial score (nSPS) is 14.7. The third-order valence-corrected chi connectivity index (χ3v) is 3.50. The number of nitrogens with one attached hydrogen (secondary N) is 1. The smallest absolute Gasteiger partial charge is 0.254 e. The summed E-state index contributed by atoms with van der Waals surface area (Å²) in [4.78, 5) is 25.9. The van der Waals surface area contributed by atoms with E-state index in [1.807, 2.05) is 44.2 Å². The van der Waals surface area contributed by atoms with Crippen LogP contribution < -0.4 is 5.32 Å². The van der Waals surface area contributed by atoms with Gasteiger partial charge in [-0.1, -0.05) is 24.3 Å². The van der Waals surface area contributed by atoms with E-state index in [0.29, 0.717) is 26.1 Å². The van der Waals surface area contributed by atoms with E-state index < -0.39 is 0 Å². The van der Waals surface area contributed by atoms with Crippen molar-refractivity contribution >= 4 is 11.8 Å². The molecule has 0 saturated carbocycles. The van der Waals surface area contributed by atoms with Crippen LogP contribution in [0, 0.1) is 6.92 Å². The Kier molecular flexibility index (Phi) is 4.56. The summed E-state index contributed by atoms with van der Waals surface area (Å²) >= 11 is 0. The molecule has 0 radical (unpaired) electrons. The molecule has 0 fully saturated rings. The van der Waals surface area contributed by atoms with Gasteiger partial charge in [-0.3, -0.25) is 9.59 Å². The average Bonchev–Trinajstić information content (AvgIpc) is 2.47. The third kappa shape index (κ3) is 3.07. The van der Waals surface area contributed by atoms with Crippen LogP contribution in [0.25, 0.3) is 0 Å². The molecule has 0 aliphatic carbocycles. The third-order valence-electron chi connectivity index (χ3n) is 3.50. The molecule has 4 nitrogen and oxygen atoms in total. The number of hydrogen-bond acceptors (Lipinski definition) is 2. The highest BCUT2D eigenvalue weighted by molar-refractivity contribution is 5.97. The summed E-state index contributed by atoms with van der Waals surface area (Å²) in [6.45, 7) is 5.56. The zero-order valence-electron chi connectivity index (χ0n) is 12.0. The van der Waals surface area contributed by atoms with E-state index in [-0.39, 0.29) is 11.8 Å². The summed E-state index contributed by atoms with van der Waals surface area (Å²) < 4.78 is 0. The molecule has 0 unspecified atom stereocenters. The van der Waals surface area contributed by atoms with Crippen LogP contribution in [0.4, 0.5) is 0 Å². The van der Waals surface area contributed by atoms with E-state index in [4.69, 9.17) is 0 Å². The fourth-order valence-corrected chi connectivity index (χ4v) is 2.32. The summed E-state index contributed by atoms with van der Waals surface area (Å²) in [6.07, 6.45) is 2.47. The van der Waals surface area contributed by atoms with Crippen LogP contribution in [0.3, 0.4) is 0 Å². The molecule has 2 rings (SSSR count). The van der Waals surface area contributed by atoms with Gasteiger partial charge in [0.1, 0.15) is 0 Å². The fourth-order valence-electron chi connectivity index (χ4n) is 2.32. The average molecular weight is 272 g/mol. The molecule has 20 heavy (non-hydrogen) atoms. The summed E-state index contributed by atoms with van der Waals surface area (Å²) in [6, 6.07) is 7.59. The van der Waals surface area contributed by atoms with E-state index in [0.717, 1.165) is 16.7 Å².